The Morgan fingerprint density at radius 2 is 1.73 bits per heavy atom. The molecule has 0 spiro atoms. The summed E-state index contributed by atoms with van der Waals surface area (Å²) in [7, 11) is 0. The van der Waals surface area contributed by atoms with E-state index in [2.05, 4.69) is 51.3 Å². The molecule has 0 radical (unpaired) electrons. The summed E-state index contributed by atoms with van der Waals surface area (Å²) in [4.78, 5) is 5.43. The van der Waals surface area contributed by atoms with Crippen LogP contribution in [0.25, 0.3) is 0 Å². The molecule has 2 rings (SSSR count). The molecule has 0 amide bonds. The second-order valence-corrected chi connectivity index (χ2v) is 6.18. The summed E-state index contributed by atoms with van der Waals surface area (Å²) in [5.74, 6) is 0. The van der Waals surface area contributed by atoms with Gasteiger partial charge in [-0.25, -0.2) is 0 Å². The van der Waals surface area contributed by atoms with Crippen LogP contribution >= 0.6 is 0 Å². The first-order valence-electron chi connectivity index (χ1n) is 6.42. The maximum absolute atomic E-state index is 2.72. The predicted octanol–water partition coefficient (Wildman–Crippen LogP) is 2.34. The van der Waals surface area contributed by atoms with E-state index in [0.29, 0.717) is 23.7 Å². The zero-order valence-corrected chi connectivity index (χ0v) is 11.1. The second kappa shape index (κ2) is 3.46. The third kappa shape index (κ3) is 1.45. The highest BCUT2D eigenvalue weighted by Crippen LogP contribution is 2.46. The Morgan fingerprint density at radius 1 is 1.13 bits per heavy atom. The number of fused-ring (bicyclic) bond motifs is 2. The molecule has 3 unspecified atom stereocenters. The van der Waals surface area contributed by atoms with Crippen LogP contribution < -0.4 is 0 Å². The van der Waals surface area contributed by atoms with E-state index in [-0.39, 0.29) is 0 Å². The largest absolute Gasteiger partial charge is 0.292 e. The third-order valence-corrected chi connectivity index (χ3v) is 4.70. The lowest BCUT2D eigenvalue weighted by Gasteiger charge is -2.48. The number of nitrogens with zero attached hydrogens (tertiary/aromatic N) is 2. The lowest BCUT2D eigenvalue weighted by atomic mass is 9.92. The van der Waals surface area contributed by atoms with E-state index in [1.807, 2.05) is 0 Å². The van der Waals surface area contributed by atoms with E-state index in [9.17, 15) is 0 Å². The molecule has 0 aromatic heterocycles. The highest BCUT2D eigenvalue weighted by molar-refractivity contribution is 5.14. The predicted molar refractivity (Wildman–Crippen MR) is 65.1 cm³/mol. The molecule has 88 valence electrons. The van der Waals surface area contributed by atoms with E-state index in [0.717, 1.165) is 6.04 Å². The summed E-state index contributed by atoms with van der Waals surface area (Å²) in [5.41, 5.74) is 0.420. The van der Waals surface area contributed by atoms with Crippen molar-refractivity contribution in [3.05, 3.63) is 0 Å². The lowest BCUT2D eigenvalue weighted by molar-refractivity contribution is -0.00494. The quantitative estimate of drug-likeness (QED) is 0.690. The minimum atomic E-state index is 0.420. The van der Waals surface area contributed by atoms with Crippen LogP contribution in [0.2, 0.25) is 0 Å². The van der Waals surface area contributed by atoms with E-state index in [4.69, 9.17) is 0 Å². The smallest absolute Gasteiger partial charge is 0.0352 e. The van der Waals surface area contributed by atoms with E-state index >= 15 is 0 Å². The van der Waals surface area contributed by atoms with Crippen molar-refractivity contribution >= 4 is 0 Å². The zero-order valence-electron chi connectivity index (χ0n) is 11.1. The SMILES string of the molecule is CC(C)N1C2CN(C(C)C)C(C)(C2)C1C. The Bertz CT molecular complexity index is 243. The van der Waals surface area contributed by atoms with Crippen molar-refractivity contribution in [2.24, 2.45) is 0 Å². The Balaban J connectivity index is 2.23. The van der Waals surface area contributed by atoms with Gasteiger partial charge in [0.25, 0.3) is 0 Å². The number of likely N-dealkylation sites (tertiary alicyclic amines) is 2. The molecular weight excluding hydrogens is 184 g/mol. The fraction of sp³-hybridized carbons (Fsp3) is 1.00. The normalized spacial score (nSPS) is 42.4. The molecule has 2 heteroatoms. The van der Waals surface area contributed by atoms with Gasteiger partial charge in [0.1, 0.15) is 0 Å². The maximum Gasteiger partial charge on any atom is 0.0352 e. The maximum atomic E-state index is 2.72. The molecule has 2 aliphatic rings. The van der Waals surface area contributed by atoms with Crippen molar-refractivity contribution in [3.63, 3.8) is 0 Å². The molecule has 15 heavy (non-hydrogen) atoms. The number of hydrogen-bond donors (Lipinski definition) is 0. The summed E-state index contributed by atoms with van der Waals surface area (Å²) in [6, 6.07) is 2.89. The molecule has 0 aromatic carbocycles. The van der Waals surface area contributed by atoms with Gasteiger partial charge < -0.3 is 0 Å². The van der Waals surface area contributed by atoms with E-state index in [1.165, 1.54) is 13.0 Å². The van der Waals surface area contributed by atoms with Crippen molar-refractivity contribution < 1.29 is 0 Å². The van der Waals surface area contributed by atoms with Crippen LogP contribution in [-0.2, 0) is 0 Å². The zero-order chi connectivity index (χ0) is 11.4. The minimum Gasteiger partial charge on any atom is -0.292 e. The fourth-order valence-corrected chi connectivity index (χ4v) is 4.01. The molecule has 2 aliphatic heterocycles. The van der Waals surface area contributed by atoms with Crippen molar-refractivity contribution in [2.45, 2.75) is 77.7 Å². The summed E-state index contributed by atoms with van der Waals surface area (Å²) in [6.45, 7) is 15.5. The Hall–Kier alpha value is -0.0800. The van der Waals surface area contributed by atoms with E-state index < -0.39 is 0 Å². The van der Waals surface area contributed by atoms with Crippen LogP contribution in [0, 0.1) is 0 Å². The molecule has 2 heterocycles. The number of hydrogen-bond acceptors (Lipinski definition) is 2. The molecule has 0 N–H and O–H groups in total. The van der Waals surface area contributed by atoms with Crippen molar-refractivity contribution in [1.29, 1.82) is 0 Å². The molecule has 3 atom stereocenters. The Kier molecular flexibility index (Phi) is 2.63. The lowest BCUT2D eigenvalue weighted by Crippen LogP contribution is -2.61. The first kappa shape index (κ1) is 11.4. The monoisotopic (exact) mass is 210 g/mol. The molecule has 0 saturated carbocycles. The first-order valence-corrected chi connectivity index (χ1v) is 6.42. The van der Waals surface area contributed by atoms with Gasteiger partial charge in [-0.1, -0.05) is 0 Å². The van der Waals surface area contributed by atoms with Crippen molar-refractivity contribution in [2.75, 3.05) is 6.54 Å². The molecule has 2 bridgehead atoms. The van der Waals surface area contributed by atoms with Crippen LogP contribution in [0.5, 0.6) is 0 Å². The molecule has 0 aliphatic carbocycles. The summed E-state index contributed by atoms with van der Waals surface area (Å²) < 4.78 is 0. The van der Waals surface area contributed by atoms with Crippen LogP contribution in [-0.4, -0.2) is 46.1 Å². The average molecular weight is 210 g/mol. The Morgan fingerprint density at radius 3 is 2.13 bits per heavy atom. The summed E-state index contributed by atoms with van der Waals surface area (Å²) in [5, 5.41) is 0. The number of rotatable bonds is 2. The molecule has 2 saturated heterocycles. The van der Waals surface area contributed by atoms with Gasteiger partial charge in [-0.05, 0) is 48.0 Å². The van der Waals surface area contributed by atoms with Gasteiger partial charge >= 0.3 is 0 Å². The summed E-state index contributed by atoms with van der Waals surface area (Å²) in [6.07, 6.45) is 1.37. The average Bonchev–Trinajstić information content (AvgIpc) is 2.54. The van der Waals surface area contributed by atoms with Gasteiger partial charge in [0.05, 0.1) is 0 Å². The Labute approximate surface area is 94.6 Å². The van der Waals surface area contributed by atoms with Crippen molar-refractivity contribution in [1.82, 2.24) is 9.80 Å². The van der Waals surface area contributed by atoms with Crippen LogP contribution in [0.15, 0.2) is 0 Å². The highest BCUT2D eigenvalue weighted by atomic mass is 15.4. The first-order chi connectivity index (χ1) is 6.88. The van der Waals surface area contributed by atoms with Gasteiger partial charge in [0.15, 0.2) is 0 Å². The van der Waals surface area contributed by atoms with Crippen LogP contribution in [0.3, 0.4) is 0 Å². The van der Waals surface area contributed by atoms with Gasteiger partial charge in [-0.15, -0.1) is 0 Å². The summed E-state index contributed by atoms with van der Waals surface area (Å²) >= 11 is 0. The van der Waals surface area contributed by atoms with Crippen LogP contribution in [0.4, 0.5) is 0 Å². The third-order valence-electron chi connectivity index (χ3n) is 4.70. The van der Waals surface area contributed by atoms with Crippen LogP contribution in [0.1, 0.15) is 48.0 Å². The molecule has 2 fully saturated rings. The molecule has 2 nitrogen and oxygen atoms in total. The van der Waals surface area contributed by atoms with E-state index in [1.54, 1.807) is 0 Å². The minimum absolute atomic E-state index is 0.420. The van der Waals surface area contributed by atoms with Gasteiger partial charge in [-0.3, -0.25) is 9.80 Å². The fourth-order valence-electron chi connectivity index (χ4n) is 4.01. The molecular formula is C13H26N2. The van der Waals surface area contributed by atoms with Gasteiger partial charge in [-0.2, -0.15) is 0 Å². The molecule has 0 aromatic rings. The van der Waals surface area contributed by atoms with Gasteiger partial charge in [0, 0.05) is 36.3 Å². The second-order valence-electron chi connectivity index (χ2n) is 6.18. The van der Waals surface area contributed by atoms with Crippen molar-refractivity contribution in [3.8, 4) is 0 Å². The number of piperazine rings is 1. The standard InChI is InChI=1S/C13H26N2/c1-9(2)14-8-12-7-13(14,6)11(5)15(12)10(3)4/h9-12H,7-8H2,1-6H3. The topological polar surface area (TPSA) is 6.48 Å². The van der Waals surface area contributed by atoms with Gasteiger partial charge in [0.2, 0.25) is 0 Å². The highest BCUT2D eigenvalue weighted by Gasteiger charge is 2.57.